The average Bonchev–Trinajstić information content (AvgIpc) is 3.17. The van der Waals surface area contributed by atoms with E-state index in [0.717, 1.165) is 12.1 Å². The van der Waals surface area contributed by atoms with E-state index in [1.54, 1.807) is 13.2 Å². The minimum atomic E-state index is -0.912. The SMILES string of the molecule is COc1ccc(N2CCC(C(=O)N3CCCC3C(=O)O)CC2)c(C#N)c1. The van der Waals surface area contributed by atoms with Crippen molar-refractivity contribution in [3.63, 3.8) is 0 Å². The zero-order valence-corrected chi connectivity index (χ0v) is 14.9. The molecule has 1 amide bonds. The summed E-state index contributed by atoms with van der Waals surface area (Å²) in [5.74, 6) is -0.450. The molecule has 1 unspecified atom stereocenters. The van der Waals surface area contributed by atoms with Crippen LogP contribution in [0.5, 0.6) is 5.75 Å². The zero-order valence-electron chi connectivity index (χ0n) is 14.9. The minimum Gasteiger partial charge on any atom is -0.497 e. The molecular formula is C19H23N3O4. The lowest BCUT2D eigenvalue weighted by atomic mass is 9.94. The van der Waals surface area contributed by atoms with Crippen LogP contribution in [0.3, 0.4) is 0 Å². The number of carbonyl (C=O) groups excluding carboxylic acids is 1. The van der Waals surface area contributed by atoms with Crippen molar-refractivity contribution in [1.29, 1.82) is 5.26 Å². The van der Waals surface area contributed by atoms with Crippen molar-refractivity contribution >= 4 is 17.6 Å². The Balaban J connectivity index is 1.65. The predicted octanol–water partition coefficient (Wildman–Crippen LogP) is 1.86. The number of hydrogen-bond acceptors (Lipinski definition) is 5. The van der Waals surface area contributed by atoms with Crippen LogP contribution in [0.1, 0.15) is 31.2 Å². The molecule has 1 aromatic rings. The van der Waals surface area contributed by atoms with Crippen molar-refractivity contribution in [2.24, 2.45) is 5.92 Å². The quantitative estimate of drug-likeness (QED) is 0.884. The van der Waals surface area contributed by atoms with E-state index < -0.39 is 12.0 Å². The van der Waals surface area contributed by atoms with E-state index in [-0.39, 0.29) is 11.8 Å². The highest BCUT2D eigenvalue weighted by Crippen LogP contribution is 2.30. The molecule has 2 aliphatic rings. The Hall–Kier alpha value is -2.75. The van der Waals surface area contributed by atoms with Gasteiger partial charge in [0.15, 0.2) is 0 Å². The Morgan fingerprint density at radius 2 is 1.96 bits per heavy atom. The lowest BCUT2D eigenvalue weighted by Crippen LogP contribution is -2.46. The highest BCUT2D eigenvalue weighted by Gasteiger charge is 2.38. The Kier molecular flexibility index (Phi) is 5.31. The molecular weight excluding hydrogens is 334 g/mol. The van der Waals surface area contributed by atoms with Gasteiger partial charge in [-0.3, -0.25) is 4.79 Å². The Morgan fingerprint density at radius 3 is 2.58 bits per heavy atom. The first-order valence-corrected chi connectivity index (χ1v) is 8.91. The number of nitriles is 1. The fraction of sp³-hybridized carbons (Fsp3) is 0.526. The molecule has 1 atom stereocenters. The number of piperidine rings is 1. The summed E-state index contributed by atoms with van der Waals surface area (Å²) in [6.07, 6.45) is 2.62. The van der Waals surface area contributed by atoms with Crippen LogP contribution in [0.2, 0.25) is 0 Å². The highest BCUT2D eigenvalue weighted by molar-refractivity contribution is 5.86. The third-order valence-electron chi connectivity index (χ3n) is 5.33. The molecule has 2 saturated heterocycles. The lowest BCUT2D eigenvalue weighted by molar-refractivity contribution is -0.150. The predicted molar refractivity (Wildman–Crippen MR) is 95.0 cm³/mol. The summed E-state index contributed by atoms with van der Waals surface area (Å²) in [5, 5.41) is 18.7. The Bertz CT molecular complexity index is 735. The van der Waals surface area contributed by atoms with Gasteiger partial charge in [-0.25, -0.2) is 4.79 Å². The second kappa shape index (κ2) is 7.65. The van der Waals surface area contributed by atoms with Gasteiger partial charge in [-0.15, -0.1) is 0 Å². The Morgan fingerprint density at radius 1 is 1.23 bits per heavy atom. The van der Waals surface area contributed by atoms with Gasteiger partial charge in [-0.05, 0) is 43.9 Å². The highest BCUT2D eigenvalue weighted by atomic mass is 16.5. The fourth-order valence-corrected chi connectivity index (χ4v) is 3.90. The lowest BCUT2D eigenvalue weighted by Gasteiger charge is -2.35. The number of likely N-dealkylation sites (tertiary alicyclic amines) is 1. The van der Waals surface area contributed by atoms with E-state index in [1.807, 2.05) is 12.1 Å². The van der Waals surface area contributed by atoms with Gasteiger partial charge in [0.2, 0.25) is 5.91 Å². The van der Waals surface area contributed by atoms with Crippen LogP contribution in [0.4, 0.5) is 5.69 Å². The molecule has 26 heavy (non-hydrogen) atoms. The van der Waals surface area contributed by atoms with E-state index in [1.165, 1.54) is 4.90 Å². The van der Waals surface area contributed by atoms with Crippen LogP contribution >= 0.6 is 0 Å². The van der Waals surface area contributed by atoms with E-state index in [0.29, 0.717) is 50.2 Å². The Labute approximate surface area is 152 Å². The summed E-state index contributed by atoms with van der Waals surface area (Å²) in [6, 6.07) is 6.95. The normalized spacial score (nSPS) is 20.7. The fourth-order valence-electron chi connectivity index (χ4n) is 3.90. The summed E-state index contributed by atoms with van der Waals surface area (Å²) >= 11 is 0. The first-order chi connectivity index (χ1) is 12.5. The monoisotopic (exact) mass is 357 g/mol. The van der Waals surface area contributed by atoms with E-state index in [9.17, 15) is 20.0 Å². The summed E-state index contributed by atoms with van der Waals surface area (Å²) in [5.41, 5.74) is 1.41. The number of hydrogen-bond donors (Lipinski definition) is 1. The van der Waals surface area contributed by atoms with Crippen molar-refractivity contribution < 1.29 is 19.4 Å². The van der Waals surface area contributed by atoms with Gasteiger partial charge in [0.1, 0.15) is 17.9 Å². The topological polar surface area (TPSA) is 93.9 Å². The van der Waals surface area contributed by atoms with Gasteiger partial charge < -0.3 is 19.6 Å². The number of methoxy groups -OCH3 is 1. The smallest absolute Gasteiger partial charge is 0.326 e. The number of amides is 1. The van der Waals surface area contributed by atoms with Crippen LogP contribution < -0.4 is 9.64 Å². The molecule has 2 fully saturated rings. The molecule has 7 heteroatoms. The molecule has 0 aromatic heterocycles. The van der Waals surface area contributed by atoms with Crippen molar-refractivity contribution in [1.82, 2.24) is 4.90 Å². The second-order valence-electron chi connectivity index (χ2n) is 6.78. The molecule has 2 aliphatic heterocycles. The molecule has 0 bridgehead atoms. The van der Waals surface area contributed by atoms with Gasteiger partial charge in [-0.2, -0.15) is 5.26 Å². The van der Waals surface area contributed by atoms with Crippen LogP contribution in [-0.4, -0.2) is 54.7 Å². The van der Waals surface area contributed by atoms with Crippen LogP contribution in [0.25, 0.3) is 0 Å². The van der Waals surface area contributed by atoms with Gasteiger partial charge in [0, 0.05) is 25.6 Å². The number of ether oxygens (including phenoxy) is 1. The van der Waals surface area contributed by atoms with Crippen molar-refractivity contribution in [2.75, 3.05) is 31.6 Å². The molecule has 2 heterocycles. The van der Waals surface area contributed by atoms with Gasteiger partial charge in [0.25, 0.3) is 0 Å². The molecule has 0 spiro atoms. The van der Waals surface area contributed by atoms with Crippen LogP contribution in [-0.2, 0) is 9.59 Å². The summed E-state index contributed by atoms with van der Waals surface area (Å²) in [7, 11) is 1.57. The largest absolute Gasteiger partial charge is 0.497 e. The van der Waals surface area contributed by atoms with E-state index >= 15 is 0 Å². The third-order valence-corrected chi connectivity index (χ3v) is 5.33. The maximum absolute atomic E-state index is 12.7. The number of benzene rings is 1. The van der Waals surface area contributed by atoms with Crippen molar-refractivity contribution in [3.8, 4) is 11.8 Å². The standard InChI is InChI=1S/C19H23N3O4/c1-26-15-4-5-16(14(11-15)12-20)21-9-6-13(7-10-21)18(23)22-8-2-3-17(22)19(24)25/h4-5,11,13,17H,2-3,6-10H2,1H3,(H,24,25). The number of carboxylic acid groups (broad SMARTS) is 1. The van der Waals surface area contributed by atoms with Gasteiger partial charge >= 0.3 is 5.97 Å². The first kappa shape index (κ1) is 18.1. The number of anilines is 1. The molecule has 3 rings (SSSR count). The number of nitrogens with zero attached hydrogens (tertiary/aromatic N) is 3. The average molecular weight is 357 g/mol. The van der Waals surface area contributed by atoms with Crippen molar-refractivity contribution in [2.45, 2.75) is 31.7 Å². The van der Waals surface area contributed by atoms with E-state index in [2.05, 4.69) is 11.0 Å². The van der Waals surface area contributed by atoms with Gasteiger partial charge in [-0.1, -0.05) is 0 Å². The zero-order chi connectivity index (χ0) is 18.7. The number of aliphatic carboxylic acids is 1. The van der Waals surface area contributed by atoms with E-state index in [4.69, 9.17) is 4.74 Å². The van der Waals surface area contributed by atoms with Crippen LogP contribution in [0.15, 0.2) is 18.2 Å². The number of rotatable bonds is 4. The second-order valence-corrected chi connectivity index (χ2v) is 6.78. The maximum Gasteiger partial charge on any atom is 0.326 e. The molecule has 1 aromatic carbocycles. The molecule has 0 saturated carbocycles. The molecule has 0 radical (unpaired) electrons. The third kappa shape index (κ3) is 3.45. The van der Waals surface area contributed by atoms with Crippen molar-refractivity contribution in [3.05, 3.63) is 23.8 Å². The van der Waals surface area contributed by atoms with Crippen LogP contribution in [0, 0.1) is 17.2 Å². The summed E-state index contributed by atoms with van der Waals surface area (Å²) in [4.78, 5) is 27.7. The molecule has 138 valence electrons. The number of carbonyl (C=O) groups is 2. The van der Waals surface area contributed by atoms with Gasteiger partial charge in [0.05, 0.1) is 18.4 Å². The molecule has 7 nitrogen and oxygen atoms in total. The molecule has 1 N–H and O–H groups in total. The number of carboxylic acids is 1. The molecule has 0 aliphatic carbocycles. The summed E-state index contributed by atoms with van der Waals surface area (Å²) in [6.45, 7) is 1.87. The minimum absolute atomic E-state index is 0.0372. The maximum atomic E-state index is 12.7. The summed E-state index contributed by atoms with van der Waals surface area (Å²) < 4.78 is 5.17. The first-order valence-electron chi connectivity index (χ1n) is 8.91.